The first kappa shape index (κ1) is 64.3. The molecule has 0 saturated carbocycles. The van der Waals surface area contributed by atoms with Crippen LogP contribution in [0.2, 0.25) is 0 Å². The van der Waals surface area contributed by atoms with E-state index in [1.54, 1.807) is 0 Å². The second-order valence-corrected chi connectivity index (χ2v) is 20.0. The molecule has 0 aromatic carbocycles. The van der Waals surface area contributed by atoms with Gasteiger partial charge in [-0.15, -0.1) is 0 Å². The molecular weight excluding hydrogens is 859 g/mol. The number of unbranched alkanes of at least 4 members (excludes halogenated alkanes) is 30. The highest BCUT2D eigenvalue weighted by molar-refractivity contribution is 5.80. The first-order valence-electron chi connectivity index (χ1n) is 28.4. The molecule has 0 aliphatic carbocycles. The molecule has 8 N–H and O–H groups in total. The number of aliphatic hydroxyl groups is 7. The van der Waals surface area contributed by atoms with E-state index < -0.39 is 74.2 Å². The Morgan fingerprint density at radius 1 is 0.500 bits per heavy atom. The molecule has 11 heteroatoms. The van der Waals surface area contributed by atoms with Gasteiger partial charge in [0.25, 0.3) is 0 Å². The molecule has 400 valence electrons. The lowest BCUT2D eigenvalue weighted by Gasteiger charge is -2.40. The topological polar surface area (TPSA) is 189 Å². The van der Waals surface area contributed by atoms with Gasteiger partial charge in [0.15, 0.2) is 6.29 Å². The van der Waals surface area contributed by atoms with Crippen LogP contribution in [0.3, 0.4) is 0 Å². The molecular formula is C57H107NO10. The van der Waals surface area contributed by atoms with Crippen LogP contribution in [-0.2, 0) is 14.3 Å². The maximum atomic E-state index is 13.2. The quantitative estimate of drug-likeness (QED) is 0.0215. The molecule has 1 amide bonds. The van der Waals surface area contributed by atoms with E-state index in [0.29, 0.717) is 19.3 Å². The van der Waals surface area contributed by atoms with E-state index in [0.717, 1.165) is 44.9 Å². The highest BCUT2D eigenvalue weighted by Crippen LogP contribution is 2.23. The zero-order valence-electron chi connectivity index (χ0n) is 43.6. The molecule has 1 aliphatic rings. The number of hydrogen-bond donors (Lipinski definition) is 8. The van der Waals surface area contributed by atoms with Crippen LogP contribution in [0.25, 0.3) is 0 Å². The van der Waals surface area contributed by atoms with Gasteiger partial charge in [-0.25, -0.2) is 0 Å². The molecule has 1 fully saturated rings. The van der Waals surface area contributed by atoms with Gasteiger partial charge in [-0.3, -0.25) is 4.79 Å². The van der Waals surface area contributed by atoms with Crippen molar-refractivity contribution in [2.45, 2.75) is 306 Å². The SMILES string of the molecule is CCCCCCC/C=C/CC/C=C/CC/C=C/CCCC(O)C(O)C(COC1OC(CO)C(O)C(O)C1O)NC(=O)C(O)CCCCCCCCCCCCCCCCCCCCCCCCC. The minimum atomic E-state index is -1.67. The predicted octanol–water partition coefficient (Wildman–Crippen LogP) is 11.5. The number of ether oxygens (including phenoxy) is 2. The van der Waals surface area contributed by atoms with Gasteiger partial charge >= 0.3 is 0 Å². The summed E-state index contributed by atoms with van der Waals surface area (Å²) in [5.74, 6) is -0.709. The zero-order valence-corrected chi connectivity index (χ0v) is 43.6. The van der Waals surface area contributed by atoms with E-state index in [2.05, 4.69) is 55.6 Å². The van der Waals surface area contributed by atoms with Crippen molar-refractivity contribution in [3.63, 3.8) is 0 Å². The Hall–Kier alpha value is -1.67. The number of nitrogens with one attached hydrogen (secondary N) is 1. The second-order valence-electron chi connectivity index (χ2n) is 20.0. The third-order valence-electron chi connectivity index (χ3n) is 13.7. The highest BCUT2D eigenvalue weighted by atomic mass is 16.7. The van der Waals surface area contributed by atoms with Gasteiger partial charge < -0.3 is 50.5 Å². The number of carbonyl (C=O) groups excluding carboxylic acids is 1. The molecule has 0 aromatic rings. The van der Waals surface area contributed by atoms with Crippen molar-refractivity contribution < 1.29 is 50.0 Å². The Labute approximate surface area is 416 Å². The van der Waals surface area contributed by atoms with Crippen molar-refractivity contribution in [2.75, 3.05) is 13.2 Å². The Bertz CT molecular complexity index is 1200. The molecule has 0 spiro atoms. The fraction of sp³-hybridized carbons (Fsp3) is 0.877. The normalized spacial score (nSPS) is 20.8. The average Bonchev–Trinajstić information content (AvgIpc) is 3.34. The number of allylic oxidation sites excluding steroid dienone is 6. The third kappa shape index (κ3) is 34.6. The van der Waals surface area contributed by atoms with Gasteiger partial charge in [0.1, 0.15) is 36.6 Å². The zero-order chi connectivity index (χ0) is 49.7. The van der Waals surface area contributed by atoms with Gasteiger partial charge in [0.05, 0.1) is 25.4 Å². The summed E-state index contributed by atoms with van der Waals surface area (Å²) in [7, 11) is 0. The van der Waals surface area contributed by atoms with E-state index in [1.807, 2.05) is 0 Å². The van der Waals surface area contributed by atoms with Crippen LogP contribution in [0.1, 0.15) is 251 Å². The van der Waals surface area contributed by atoms with E-state index in [1.165, 1.54) is 161 Å². The van der Waals surface area contributed by atoms with Crippen molar-refractivity contribution in [3.8, 4) is 0 Å². The summed E-state index contributed by atoms with van der Waals surface area (Å²) < 4.78 is 11.1. The number of carbonyl (C=O) groups is 1. The first-order valence-corrected chi connectivity index (χ1v) is 28.4. The summed E-state index contributed by atoms with van der Waals surface area (Å²) >= 11 is 0. The number of rotatable bonds is 48. The standard InChI is InChI=1S/C57H107NO10/c1-3-5-7-9-11-13-15-17-19-21-23-24-25-26-27-29-31-33-35-37-39-41-43-45-50(61)56(66)58-48(47-67-57-55(65)54(64)53(63)51(46-59)68-57)52(62)49(60)44-42-40-38-36-34-32-30-28-22-20-18-16-14-12-10-8-6-4-2/h16,18,28,30,36,38,48-55,57,59-65H,3-15,17,19-27,29,31-35,37,39-47H2,1-2H3,(H,58,66)/b18-16+,30-28+,38-36+. The Morgan fingerprint density at radius 2 is 0.882 bits per heavy atom. The lowest BCUT2D eigenvalue weighted by molar-refractivity contribution is -0.303. The van der Waals surface area contributed by atoms with Gasteiger partial charge in [0, 0.05) is 0 Å². The molecule has 9 unspecified atom stereocenters. The Kier molecular flexibility index (Phi) is 43.9. The lowest BCUT2D eigenvalue weighted by Crippen LogP contribution is -2.60. The van der Waals surface area contributed by atoms with Gasteiger partial charge in [0.2, 0.25) is 5.91 Å². The second kappa shape index (κ2) is 46.4. The summed E-state index contributed by atoms with van der Waals surface area (Å²) in [6.45, 7) is 3.44. The lowest BCUT2D eigenvalue weighted by atomic mass is 9.98. The van der Waals surface area contributed by atoms with Gasteiger partial charge in [-0.2, -0.15) is 0 Å². The van der Waals surface area contributed by atoms with Crippen molar-refractivity contribution in [3.05, 3.63) is 36.5 Å². The largest absolute Gasteiger partial charge is 0.394 e. The molecule has 1 heterocycles. The first-order chi connectivity index (χ1) is 33.2. The van der Waals surface area contributed by atoms with Crippen LogP contribution in [0, 0.1) is 0 Å². The smallest absolute Gasteiger partial charge is 0.249 e. The summed E-state index contributed by atoms with van der Waals surface area (Å²) in [6.07, 6.45) is 44.8. The van der Waals surface area contributed by atoms with Crippen LogP contribution in [0.5, 0.6) is 0 Å². The molecule has 0 aromatic heterocycles. The van der Waals surface area contributed by atoms with Crippen LogP contribution in [0.15, 0.2) is 36.5 Å². The van der Waals surface area contributed by atoms with Crippen molar-refractivity contribution in [1.29, 1.82) is 0 Å². The van der Waals surface area contributed by atoms with Crippen molar-refractivity contribution >= 4 is 5.91 Å². The molecule has 1 aliphatic heterocycles. The van der Waals surface area contributed by atoms with Gasteiger partial charge in [-0.05, 0) is 64.2 Å². The maximum absolute atomic E-state index is 13.2. The minimum absolute atomic E-state index is 0.242. The van der Waals surface area contributed by atoms with Crippen molar-refractivity contribution in [1.82, 2.24) is 5.32 Å². The molecule has 0 bridgehead atoms. The highest BCUT2D eigenvalue weighted by Gasteiger charge is 2.44. The summed E-state index contributed by atoms with van der Waals surface area (Å²) in [6, 6.07) is -1.19. The predicted molar refractivity (Wildman–Crippen MR) is 279 cm³/mol. The molecule has 68 heavy (non-hydrogen) atoms. The minimum Gasteiger partial charge on any atom is -0.394 e. The third-order valence-corrected chi connectivity index (χ3v) is 13.7. The van der Waals surface area contributed by atoms with Crippen LogP contribution >= 0.6 is 0 Å². The average molecular weight is 966 g/mol. The van der Waals surface area contributed by atoms with Crippen LogP contribution < -0.4 is 5.32 Å². The van der Waals surface area contributed by atoms with Crippen LogP contribution in [-0.4, -0.2) is 110 Å². The number of hydrogen-bond acceptors (Lipinski definition) is 10. The summed E-state index contributed by atoms with van der Waals surface area (Å²) in [4.78, 5) is 13.2. The molecule has 0 radical (unpaired) electrons. The number of amides is 1. The van der Waals surface area contributed by atoms with E-state index >= 15 is 0 Å². The summed E-state index contributed by atoms with van der Waals surface area (Å²) in [5.41, 5.74) is 0. The molecule has 1 saturated heterocycles. The number of aliphatic hydroxyl groups excluding tert-OH is 7. The fourth-order valence-corrected chi connectivity index (χ4v) is 9.00. The van der Waals surface area contributed by atoms with Crippen LogP contribution in [0.4, 0.5) is 0 Å². The fourth-order valence-electron chi connectivity index (χ4n) is 9.00. The van der Waals surface area contributed by atoms with E-state index in [-0.39, 0.29) is 12.8 Å². The molecule has 11 nitrogen and oxygen atoms in total. The molecule has 9 atom stereocenters. The van der Waals surface area contributed by atoms with Gasteiger partial charge in [-0.1, -0.05) is 224 Å². The maximum Gasteiger partial charge on any atom is 0.249 e. The Morgan fingerprint density at radius 3 is 1.31 bits per heavy atom. The van der Waals surface area contributed by atoms with E-state index in [4.69, 9.17) is 9.47 Å². The molecule has 1 rings (SSSR count). The summed E-state index contributed by atoms with van der Waals surface area (Å²) in [5, 5.41) is 76.0. The Balaban J connectivity index is 2.35. The monoisotopic (exact) mass is 966 g/mol. The van der Waals surface area contributed by atoms with Crippen molar-refractivity contribution in [2.24, 2.45) is 0 Å². The van der Waals surface area contributed by atoms with E-state index in [9.17, 15) is 40.5 Å².